The van der Waals surface area contributed by atoms with Gasteiger partial charge < -0.3 is 30.2 Å². The fourth-order valence-corrected chi connectivity index (χ4v) is 4.63. The largest absolute Gasteiger partial charge is 0.480 e. The minimum absolute atomic E-state index is 0.0305. The Morgan fingerprint density at radius 3 is 1.49 bits per heavy atom. The Balaban J connectivity index is 0.00000269. The maximum absolute atomic E-state index is 12.6. The van der Waals surface area contributed by atoms with Gasteiger partial charge in [0.2, 0.25) is 5.91 Å². The number of nitrogens with zero attached hydrogens (tertiary/aromatic N) is 4. The summed E-state index contributed by atoms with van der Waals surface area (Å²) in [5.41, 5.74) is 0. The van der Waals surface area contributed by atoms with Crippen LogP contribution < -0.4 is 5.32 Å². The molecule has 1 aliphatic heterocycles. The number of amides is 1. The molecule has 13 nitrogen and oxygen atoms in total. The second-order valence-corrected chi connectivity index (χ2v) is 9.63. The number of aliphatic hydroxyl groups excluding tert-OH is 1. The number of aliphatic carboxylic acids is 2. The summed E-state index contributed by atoms with van der Waals surface area (Å²) in [7, 11) is 1.00. The third-order valence-electron chi connectivity index (χ3n) is 6.66. The first-order valence-corrected chi connectivity index (χ1v) is 13.6. The lowest BCUT2D eigenvalue weighted by molar-refractivity contribution is -0.140. The van der Waals surface area contributed by atoms with Crippen LogP contribution in [0.3, 0.4) is 0 Å². The van der Waals surface area contributed by atoms with Crippen LogP contribution in [-0.4, -0.2) is 158 Å². The van der Waals surface area contributed by atoms with Crippen LogP contribution in [0.2, 0.25) is 0 Å². The summed E-state index contributed by atoms with van der Waals surface area (Å²) in [5, 5.41) is 28.6. The van der Waals surface area contributed by atoms with E-state index >= 15 is 0 Å². The summed E-state index contributed by atoms with van der Waals surface area (Å²) in [6, 6.07) is 0. The first-order chi connectivity index (χ1) is 18.8. The number of nitrogens with one attached hydrogen (secondary N) is 1. The zero-order valence-corrected chi connectivity index (χ0v) is 23.6. The molecule has 0 aromatic carbocycles. The minimum Gasteiger partial charge on any atom is -0.480 e. The van der Waals surface area contributed by atoms with E-state index in [0.717, 1.165) is 32.5 Å². The summed E-state index contributed by atoms with van der Waals surface area (Å²) in [4.78, 5) is 62.7. The first-order valence-electron chi connectivity index (χ1n) is 13.6. The minimum atomic E-state index is -0.941. The number of carbonyl (C=O) groups excluding carboxylic acids is 3. The van der Waals surface area contributed by atoms with Crippen molar-refractivity contribution in [1.82, 2.24) is 24.9 Å². The molecule has 2 fully saturated rings. The molecule has 4 N–H and O–H groups in total. The van der Waals surface area contributed by atoms with Crippen LogP contribution in [-0.2, 0) is 24.0 Å². The van der Waals surface area contributed by atoms with E-state index < -0.39 is 11.9 Å². The van der Waals surface area contributed by atoms with Gasteiger partial charge in [0, 0.05) is 66.0 Å². The van der Waals surface area contributed by atoms with Gasteiger partial charge in [0.1, 0.15) is 12.6 Å². The van der Waals surface area contributed by atoms with Crippen molar-refractivity contribution < 1.29 is 39.3 Å². The molecular formula is C26H49N5O8. The average Bonchev–Trinajstić information content (AvgIpc) is 2.90. The molecule has 226 valence electrons. The number of hydrogen-bond acceptors (Lipinski definition) is 10. The Bertz CT molecular complexity index is 706. The van der Waals surface area contributed by atoms with E-state index in [0.29, 0.717) is 64.8 Å². The molecule has 1 aliphatic carbocycles. The molecule has 39 heavy (non-hydrogen) atoms. The zero-order valence-electron chi connectivity index (χ0n) is 23.6. The molecule has 1 heterocycles. The smallest absolute Gasteiger partial charge is 0.317 e. The summed E-state index contributed by atoms with van der Waals surface area (Å²) >= 11 is 0. The number of rotatable bonds is 10. The third-order valence-corrected chi connectivity index (χ3v) is 6.66. The van der Waals surface area contributed by atoms with Gasteiger partial charge in [-0.3, -0.25) is 34.0 Å². The van der Waals surface area contributed by atoms with Gasteiger partial charge in [-0.05, 0) is 25.7 Å². The highest BCUT2D eigenvalue weighted by atomic mass is 16.4. The van der Waals surface area contributed by atoms with Gasteiger partial charge >= 0.3 is 11.9 Å². The molecule has 0 aromatic heterocycles. The average molecular weight is 560 g/mol. The lowest BCUT2D eigenvalue weighted by atomic mass is 9.89. The third kappa shape index (κ3) is 19.3. The maximum atomic E-state index is 12.6. The number of carboxylic acid groups (broad SMARTS) is 2. The predicted octanol–water partition coefficient (Wildman–Crippen LogP) is -0.914. The van der Waals surface area contributed by atoms with E-state index in [9.17, 15) is 29.4 Å². The molecule has 1 saturated heterocycles. The Morgan fingerprint density at radius 2 is 1.10 bits per heavy atom. The predicted molar refractivity (Wildman–Crippen MR) is 147 cm³/mol. The normalized spacial score (nSPS) is 19.1. The van der Waals surface area contributed by atoms with Crippen molar-refractivity contribution in [2.45, 2.75) is 39.0 Å². The molecule has 1 saturated carbocycles. The van der Waals surface area contributed by atoms with E-state index in [-0.39, 0.29) is 32.1 Å². The Kier molecular flexibility index (Phi) is 22.0. The number of hydrogen-bond donors (Lipinski definition) is 4. The lowest BCUT2D eigenvalue weighted by Gasteiger charge is -2.32. The fraction of sp³-hybridized carbons (Fsp3) is 0.808. The molecule has 13 heteroatoms. The molecule has 0 unspecified atom stereocenters. The highest BCUT2D eigenvalue weighted by molar-refractivity contribution is 5.78. The van der Waals surface area contributed by atoms with Crippen molar-refractivity contribution in [1.29, 1.82) is 0 Å². The van der Waals surface area contributed by atoms with Crippen LogP contribution in [0.25, 0.3) is 0 Å². The summed E-state index contributed by atoms with van der Waals surface area (Å²) < 4.78 is 0. The molecule has 1 amide bonds. The van der Waals surface area contributed by atoms with Crippen molar-refractivity contribution in [3.8, 4) is 0 Å². The molecule has 2 rings (SSSR count). The van der Waals surface area contributed by atoms with E-state index in [4.69, 9.17) is 9.90 Å². The van der Waals surface area contributed by atoms with Crippen LogP contribution in [0.5, 0.6) is 0 Å². The SMILES string of the molecule is CC=O.CO.O=CCN1CCN(CC(=O)O)CCN(CC(=O)O)CCN(CC(=O)NCC2CCCCC2)CC1. The Morgan fingerprint density at radius 1 is 0.718 bits per heavy atom. The molecule has 0 atom stereocenters. The van der Waals surface area contributed by atoms with Gasteiger partial charge in [-0.2, -0.15) is 0 Å². The summed E-state index contributed by atoms with van der Waals surface area (Å²) in [6.45, 7) is 6.24. The topological polar surface area (TPSA) is 171 Å². The van der Waals surface area contributed by atoms with Crippen molar-refractivity contribution in [2.24, 2.45) is 5.92 Å². The molecule has 0 aromatic rings. The van der Waals surface area contributed by atoms with Gasteiger partial charge in [-0.25, -0.2) is 0 Å². The number of carboxylic acids is 2. The van der Waals surface area contributed by atoms with Crippen LogP contribution in [0.4, 0.5) is 0 Å². The molecule has 0 bridgehead atoms. The second kappa shape index (κ2) is 23.4. The zero-order chi connectivity index (χ0) is 29.5. The summed E-state index contributed by atoms with van der Waals surface area (Å²) in [5.74, 6) is -1.36. The van der Waals surface area contributed by atoms with Crippen molar-refractivity contribution >= 4 is 30.4 Å². The number of aliphatic hydroxyl groups is 1. The van der Waals surface area contributed by atoms with Gasteiger partial charge in [-0.15, -0.1) is 0 Å². The molecule has 0 spiro atoms. The maximum Gasteiger partial charge on any atom is 0.317 e. The highest BCUT2D eigenvalue weighted by Gasteiger charge is 2.21. The second-order valence-electron chi connectivity index (χ2n) is 9.63. The fourth-order valence-electron chi connectivity index (χ4n) is 4.63. The van der Waals surface area contributed by atoms with Gasteiger partial charge in [0.15, 0.2) is 0 Å². The van der Waals surface area contributed by atoms with Gasteiger partial charge in [0.05, 0.1) is 26.2 Å². The van der Waals surface area contributed by atoms with Crippen molar-refractivity contribution in [3.63, 3.8) is 0 Å². The quantitative estimate of drug-likeness (QED) is 0.243. The summed E-state index contributed by atoms with van der Waals surface area (Å²) in [6.07, 6.45) is 7.63. The molecule has 2 aliphatic rings. The monoisotopic (exact) mass is 559 g/mol. The van der Waals surface area contributed by atoms with Crippen molar-refractivity contribution in [2.75, 3.05) is 92.2 Å². The molecular weight excluding hydrogens is 510 g/mol. The first kappa shape index (κ1) is 36.5. The molecule has 0 radical (unpaired) electrons. The van der Waals surface area contributed by atoms with Crippen molar-refractivity contribution in [3.05, 3.63) is 0 Å². The standard InChI is InChI=1S/C23H41N5O6.C2H4O.CH4O/c29-15-14-25-6-8-26(17-21(30)24-16-20-4-2-1-3-5-20)10-11-28(19-23(33)34)13-12-27(9-7-25)18-22(31)32;1-2-3;1-2/h15,20H,1-14,16-19H2,(H,24,30)(H,31,32)(H,33,34);2H,1H3;2H,1H3. The van der Waals surface area contributed by atoms with Crippen LogP contribution >= 0.6 is 0 Å². The van der Waals surface area contributed by atoms with Crippen LogP contribution in [0, 0.1) is 5.92 Å². The van der Waals surface area contributed by atoms with E-state index in [1.165, 1.54) is 26.2 Å². The van der Waals surface area contributed by atoms with E-state index in [1.54, 1.807) is 9.80 Å². The lowest BCUT2D eigenvalue weighted by Crippen LogP contribution is -2.49. The Hall–Kier alpha value is -2.45. The Labute approximate surface area is 232 Å². The van der Waals surface area contributed by atoms with Crippen LogP contribution in [0.15, 0.2) is 0 Å². The number of aldehydes is 2. The number of carbonyl (C=O) groups is 5. The highest BCUT2D eigenvalue weighted by Crippen LogP contribution is 2.22. The van der Waals surface area contributed by atoms with Crippen LogP contribution in [0.1, 0.15) is 39.0 Å². The van der Waals surface area contributed by atoms with Gasteiger partial charge in [0.25, 0.3) is 0 Å². The van der Waals surface area contributed by atoms with Gasteiger partial charge in [-0.1, -0.05) is 19.3 Å². The van der Waals surface area contributed by atoms with E-state index in [2.05, 4.69) is 5.32 Å². The van der Waals surface area contributed by atoms with E-state index in [1.807, 2.05) is 9.80 Å².